The molecule has 148 valence electrons. The van der Waals surface area contributed by atoms with Gasteiger partial charge in [0.05, 0.1) is 28.3 Å². The fraction of sp³-hybridized carbons (Fsp3) is 0.222. The number of aromatic nitrogens is 1. The second-order valence-corrected chi connectivity index (χ2v) is 8.27. The highest BCUT2D eigenvalue weighted by molar-refractivity contribution is 7.89. The predicted octanol–water partition coefficient (Wildman–Crippen LogP) is 2.99. The van der Waals surface area contributed by atoms with Crippen LogP contribution in [-0.4, -0.2) is 32.5 Å². The van der Waals surface area contributed by atoms with Crippen molar-refractivity contribution < 1.29 is 22.7 Å². The predicted molar refractivity (Wildman–Crippen MR) is 108 cm³/mol. The normalized spacial score (nSPS) is 11.4. The average Bonchev–Trinajstić information content (AvgIpc) is 3.04. The van der Waals surface area contributed by atoms with E-state index in [1.165, 1.54) is 12.1 Å². The van der Waals surface area contributed by atoms with Crippen LogP contribution in [0.4, 0.5) is 5.13 Å². The maximum absolute atomic E-state index is 12.6. The molecule has 1 aromatic heterocycles. The number of nitrogens with zero attached hydrogens (tertiary/aromatic N) is 1. The third-order valence-electron chi connectivity index (χ3n) is 3.71. The summed E-state index contributed by atoms with van der Waals surface area (Å²) in [5.41, 5.74) is 0.950. The number of benzene rings is 2. The number of carbonyl (C=O) groups excluding carboxylic acids is 1. The summed E-state index contributed by atoms with van der Waals surface area (Å²) < 4.78 is 34.6. The Bertz CT molecular complexity index is 1130. The first-order valence-electron chi connectivity index (χ1n) is 8.46. The van der Waals surface area contributed by atoms with Crippen LogP contribution in [0.1, 0.15) is 24.2 Å². The molecule has 0 bridgehead atoms. The van der Waals surface area contributed by atoms with Gasteiger partial charge in [-0.3, -0.25) is 10.1 Å². The van der Waals surface area contributed by atoms with E-state index in [0.29, 0.717) is 45.6 Å². The third kappa shape index (κ3) is 4.41. The van der Waals surface area contributed by atoms with Crippen molar-refractivity contribution in [1.29, 1.82) is 0 Å². The van der Waals surface area contributed by atoms with Gasteiger partial charge in [-0.25, -0.2) is 18.5 Å². The first-order chi connectivity index (χ1) is 13.3. The van der Waals surface area contributed by atoms with Gasteiger partial charge in [0.25, 0.3) is 5.91 Å². The molecule has 0 atom stereocenters. The lowest BCUT2D eigenvalue weighted by atomic mass is 10.2. The Morgan fingerprint density at radius 3 is 2.50 bits per heavy atom. The topological polar surface area (TPSA) is 121 Å². The summed E-state index contributed by atoms with van der Waals surface area (Å²) >= 11 is 1.16. The Morgan fingerprint density at radius 2 is 1.82 bits per heavy atom. The summed E-state index contributed by atoms with van der Waals surface area (Å²) in [5.74, 6) is 0.685. The Morgan fingerprint density at radius 1 is 1.11 bits per heavy atom. The molecule has 1 amide bonds. The molecule has 0 aliphatic rings. The number of carbonyl (C=O) groups is 1. The van der Waals surface area contributed by atoms with Crippen molar-refractivity contribution in [2.24, 2.45) is 5.14 Å². The van der Waals surface area contributed by atoms with E-state index in [0.717, 1.165) is 11.3 Å². The average molecular weight is 422 g/mol. The standard InChI is InChI=1S/C18H19N3O5S2/c1-3-25-14-8-5-11(9-15(14)26-4-2)17(22)21-18-20-13-7-6-12(28(19,23)24)10-16(13)27-18/h5-10H,3-4H2,1-2H3,(H2,19,23,24)(H,20,21,22). The number of hydrogen-bond donors (Lipinski definition) is 2. The Labute approximate surface area is 166 Å². The monoisotopic (exact) mass is 421 g/mol. The van der Waals surface area contributed by atoms with Gasteiger partial charge in [0, 0.05) is 5.56 Å². The molecule has 0 radical (unpaired) electrons. The molecule has 0 fully saturated rings. The van der Waals surface area contributed by atoms with Crippen molar-refractivity contribution in [1.82, 2.24) is 4.98 Å². The van der Waals surface area contributed by atoms with E-state index in [1.54, 1.807) is 24.3 Å². The van der Waals surface area contributed by atoms with Crippen LogP contribution >= 0.6 is 11.3 Å². The summed E-state index contributed by atoms with van der Waals surface area (Å²) in [4.78, 5) is 16.9. The molecule has 0 saturated heterocycles. The maximum atomic E-state index is 12.6. The quantitative estimate of drug-likeness (QED) is 0.605. The van der Waals surface area contributed by atoms with Crippen LogP contribution in [0, 0.1) is 0 Å². The summed E-state index contributed by atoms with van der Waals surface area (Å²) in [6, 6.07) is 9.28. The molecular weight excluding hydrogens is 402 g/mol. The van der Waals surface area contributed by atoms with E-state index < -0.39 is 10.0 Å². The van der Waals surface area contributed by atoms with E-state index in [9.17, 15) is 13.2 Å². The van der Waals surface area contributed by atoms with Gasteiger partial charge in [-0.15, -0.1) is 0 Å². The summed E-state index contributed by atoms with van der Waals surface area (Å²) in [6.45, 7) is 4.64. The van der Waals surface area contributed by atoms with Crippen molar-refractivity contribution in [3.05, 3.63) is 42.0 Å². The Kier molecular flexibility index (Phi) is 5.82. The van der Waals surface area contributed by atoms with Crippen LogP contribution in [0.2, 0.25) is 0 Å². The number of amides is 1. The fourth-order valence-corrected chi connectivity index (χ4v) is 4.01. The van der Waals surface area contributed by atoms with Crippen LogP contribution in [0.15, 0.2) is 41.3 Å². The molecule has 1 heterocycles. The zero-order valence-electron chi connectivity index (χ0n) is 15.3. The van der Waals surface area contributed by atoms with Crippen molar-refractivity contribution in [2.75, 3.05) is 18.5 Å². The molecule has 3 aromatic rings. The Hall–Kier alpha value is -2.69. The van der Waals surface area contributed by atoms with E-state index >= 15 is 0 Å². The molecular formula is C18H19N3O5S2. The third-order valence-corrected chi connectivity index (χ3v) is 5.56. The molecule has 0 aliphatic carbocycles. The van der Waals surface area contributed by atoms with Crippen molar-refractivity contribution in [3.63, 3.8) is 0 Å². The molecule has 8 nitrogen and oxygen atoms in total. The second kappa shape index (κ2) is 8.13. The van der Waals surface area contributed by atoms with Gasteiger partial charge >= 0.3 is 0 Å². The molecule has 3 N–H and O–H groups in total. The number of hydrogen-bond acceptors (Lipinski definition) is 7. The minimum absolute atomic E-state index is 0.00519. The molecule has 0 spiro atoms. The highest BCUT2D eigenvalue weighted by Crippen LogP contribution is 2.30. The van der Waals surface area contributed by atoms with Gasteiger partial charge in [0.15, 0.2) is 16.6 Å². The van der Waals surface area contributed by atoms with Gasteiger partial charge in [-0.05, 0) is 50.2 Å². The number of thiazole rings is 1. The number of sulfonamides is 1. The number of primary sulfonamides is 1. The van der Waals surface area contributed by atoms with Crippen LogP contribution < -0.4 is 19.9 Å². The molecule has 2 aromatic carbocycles. The molecule has 3 rings (SSSR count). The van der Waals surface area contributed by atoms with Gasteiger partial charge in [0.1, 0.15) is 0 Å². The van der Waals surface area contributed by atoms with Gasteiger partial charge in [0.2, 0.25) is 10.0 Å². The molecule has 0 unspecified atom stereocenters. The SMILES string of the molecule is CCOc1ccc(C(=O)Nc2nc3ccc(S(N)(=O)=O)cc3s2)cc1OCC. The van der Waals surface area contributed by atoms with Crippen LogP contribution in [-0.2, 0) is 10.0 Å². The first-order valence-corrected chi connectivity index (χ1v) is 10.8. The van der Waals surface area contributed by atoms with Crippen molar-refractivity contribution in [2.45, 2.75) is 18.7 Å². The highest BCUT2D eigenvalue weighted by atomic mass is 32.2. The van der Waals surface area contributed by atoms with E-state index in [2.05, 4.69) is 10.3 Å². The number of nitrogens with one attached hydrogen (secondary N) is 1. The lowest BCUT2D eigenvalue weighted by molar-refractivity contribution is 0.102. The summed E-state index contributed by atoms with van der Waals surface area (Å²) in [5, 5.41) is 8.21. The minimum atomic E-state index is -3.80. The molecule has 28 heavy (non-hydrogen) atoms. The number of nitrogens with two attached hydrogens (primary N) is 1. The largest absolute Gasteiger partial charge is 0.490 e. The lowest BCUT2D eigenvalue weighted by Crippen LogP contribution is -2.12. The number of fused-ring (bicyclic) bond motifs is 1. The zero-order valence-corrected chi connectivity index (χ0v) is 16.9. The van der Waals surface area contributed by atoms with E-state index in [1.807, 2.05) is 13.8 Å². The Balaban J connectivity index is 1.85. The minimum Gasteiger partial charge on any atom is -0.490 e. The molecule has 0 aliphatic heterocycles. The van der Waals surface area contributed by atoms with E-state index in [-0.39, 0.29) is 10.8 Å². The molecule has 10 heteroatoms. The summed E-state index contributed by atoms with van der Waals surface area (Å²) in [6.07, 6.45) is 0. The fourth-order valence-electron chi connectivity index (χ4n) is 2.50. The van der Waals surface area contributed by atoms with E-state index in [4.69, 9.17) is 14.6 Å². The van der Waals surface area contributed by atoms with Crippen molar-refractivity contribution in [3.8, 4) is 11.5 Å². The lowest BCUT2D eigenvalue weighted by Gasteiger charge is -2.12. The van der Waals surface area contributed by atoms with Gasteiger partial charge in [-0.2, -0.15) is 0 Å². The van der Waals surface area contributed by atoms with Crippen LogP contribution in [0.25, 0.3) is 10.2 Å². The first kappa shape index (κ1) is 20.1. The summed E-state index contributed by atoms with van der Waals surface area (Å²) in [7, 11) is -3.80. The highest BCUT2D eigenvalue weighted by Gasteiger charge is 2.15. The second-order valence-electron chi connectivity index (χ2n) is 5.68. The van der Waals surface area contributed by atoms with Gasteiger partial charge in [-0.1, -0.05) is 11.3 Å². The zero-order chi connectivity index (χ0) is 20.3. The smallest absolute Gasteiger partial charge is 0.257 e. The number of anilines is 1. The van der Waals surface area contributed by atoms with Crippen LogP contribution in [0.5, 0.6) is 11.5 Å². The number of ether oxygens (including phenoxy) is 2. The van der Waals surface area contributed by atoms with Gasteiger partial charge < -0.3 is 9.47 Å². The van der Waals surface area contributed by atoms with Crippen molar-refractivity contribution >= 4 is 42.6 Å². The molecule has 0 saturated carbocycles. The van der Waals surface area contributed by atoms with Crippen LogP contribution in [0.3, 0.4) is 0 Å². The maximum Gasteiger partial charge on any atom is 0.257 e. The number of rotatable bonds is 7.